The van der Waals surface area contributed by atoms with E-state index in [-0.39, 0.29) is 50.9 Å². The van der Waals surface area contributed by atoms with E-state index in [9.17, 15) is 19.8 Å². The minimum absolute atomic E-state index is 0.0751. The van der Waals surface area contributed by atoms with Gasteiger partial charge in [-0.25, -0.2) is 0 Å². The Morgan fingerprint density at radius 1 is 1.00 bits per heavy atom. The highest BCUT2D eigenvalue weighted by Crippen LogP contribution is 2.89. The normalized spacial score (nSPS) is 48.8. The average Bonchev–Trinajstić information content (AvgIpc) is 3.62. The monoisotopic (exact) mass is 607 g/mol. The fourth-order valence-corrected chi connectivity index (χ4v) is 12.9. The number of esters is 1. The number of hydrogen-bond donors (Lipinski definition) is 3. The second kappa shape index (κ2) is 10.0. The van der Waals surface area contributed by atoms with Gasteiger partial charge >= 0.3 is 5.97 Å². The molecule has 5 aliphatic carbocycles. The molecule has 1 aromatic carbocycles. The maximum atomic E-state index is 13.5. The number of aliphatic hydroxyl groups is 2. The molecule has 4 unspecified atom stereocenters. The highest BCUT2D eigenvalue weighted by Gasteiger charge is 2.84. The maximum Gasteiger partial charge on any atom is 0.303 e. The van der Waals surface area contributed by atoms with Crippen LogP contribution in [0.4, 0.5) is 0 Å². The van der Waals surface area contributed by atoms with Gasteiger partial charge in [0.05, 0.1) is 18.3 Å². The van der Waals surface area contributed by atoms with Gasteiger partial charge in [0.15, 0.2) is 0 Å². The first kappa shape index (κ1) is 30.7. The van der Waals surface area contributed by atoms with Gasteiger partial charge in [-0.1, -0.05) is 65.0 Å². The molecule has 1 heterocycles. The summed E-state index contributed by atoms with van der Waals surface area (Å²) in [4.78, 5) is 25.7. The molecule has 6 aliphatic rings. The fraction of sp³-hybridized carbons (Fsp3) is 0.784. The first-order valence-corrected chi connectivity index (χ1v) is 17.2. The molecular weight excluding hydrogens is 554 g/mol. The molecule has 13 atom stereocenters. The van der Waals surface area contributed by atoms with E-state index in [1.165, 1.54) is 19.8 Å². The van der Waals surface area contributed by atoms with Gasteiger partial charge in [0.25, 0.3) is 5.91 Å². The number of benzene rings is 1. The third kappa shape index (κ3) is 3.90. The minimum atomic E-state index is -1.07. The van der Waals surface area contributed by atoms with Crippen LogP contribution in [-0.2, 0) is 25.6 Å². The molecule has 44 heavy (non-hydrogen) atoms. The van der Waals surface area contributed by atoms with Gasteiger partial charge in [-0.15, -0.1) is 0 Å². The van der Waals surface area contributed by atoms with Crippen LogP contribution in [-0.4, -0.2) is 52.6 Å². The number of nitrogens with one attached hydrogen (secondary N) is 1. The van der Waals surface area contributed by atoms with E-state index in [0.29, 0.717) is 24.8 Å². The average molecular weight is 608 g/mol. The molecule has 1 saturated heterocycles. The summed E-state index contributed by atoms with van der Waals surface area (Å²) >= 11 is 0. The molecule has 5 saturated carbocycles. The Kier molecular flexibility index (Phi) is 6.99. The highest BCUT2D eigenvalue weighted by atomic mass is 16.6. The van der Waals surface area contributed by atoms with Gasteiger partial charge in [0.2, 0.25) is 6.10 Å². The molecule has 1 amide bonds. The molecule has 0 aromatic heterocycles. The van der Waals surface area contributed by atoms with Crippen LogP contribution >= 0.6 is 0 Å². The summed E-state index contributed by atoms with van der Waals surface area (Å²) in [6.45, 7) is 13.3. The molecule has 1 aromatic rings. The van der Waals surface area contributed by atoms with E-state index < -0.39 is 30.4 Å². The lowest BCUT2D eigenvalue weighted by Crippen LogP contribution is -2.59. The molecule has 0 bridgehead atoms. The molecule has 7 nitrogen and oxygen atoms in total. The number of amides is 1. The van der Waals surface area contributed by atoms with Crippen molar-refractivity contribution >= 4 is 11.9 Å². The molecular formula is C37H53NO6. The summed E-state index contributed by atoms with van der Waals surface area (Å²) in [5.74, 6) is 0.426. The van der Waals surface area contributed by atoms with Gasteiger partial charge in [-0.05, 0) is 102 Å². The Hall–Kier alpha value is -1.96. The highest BCUT2D eigenvalue weighted by molar-refractivity contribution is 5.84. The van der Waals surface area contributed by atoms with E-state index in [0.717, 1.165) is 37.7 Å². The van der Waals surface area contributed by atoms with Crippen molar-refractivity contribution in [1.29, 1.82) is 0 Å². The van der Waals surface area contributed by atoms with Crippen LogP contribution in [0.15, 0.2) is 30.3 Å². The zero-order chi connectivity index (χ0) is 31.4. The van der Waals surface area contributed by atoms with Gasteiger partial charge in [-0.2, -0.15) is 0 Å². The van der Waals surface area contributed by atoms with Crippen molar-refractivity contribution < 1.29 is 29.3 Å². The van der Waals surface area contributed by atoms with Crippen molar-refractivity contribution in [3.63, 3.8) is 0 Å². The van der Waals surface area contributed by atoms with Crippen molar-refractivity contribution in [2.45, 2.75) is 130 Å². The lowest BCUT2D eigenvalue weighted by atomic mass is 9.41. The third-order valence-corrected chi connectivity index (χ3v) is 15.0. The summed E-state index contributed by atoms with van der Waals surface area (Å²) in [6, 6.07) is 9.69. The van der Waals surface area contributed by atoms with Crippen LogP contribution < -0.4 is 5.32 Å². The minimum Gasteiger partial charge on any atom is -0.450 e. The number of aliphatic hydroxyl groups excluding tert-OH is 2. The van der Waals surface area contributed by atoms with Gasteiger partial charge in [-0.3, -0.25) is 9.59 Å². The second-order valence-electron chi connectivity index (χ2n) is 16.8. The Morgan fingerprint density at radius 3 is 2.39 bits per heavy atom. The van der Waals surface area contributed by atoms with E-state index in [4.69, 9.17) is 9.47 Å². The molecule has 7 heteroatoms. The largest absolute Gasteiger partial charge is 0.450 e. The number of carbonyl (C=O) groups excluding carboxylic acids is 2. The van der Waals surface area contributed by atoms with Crippen molar-refractivity contribution in [2.24, 2.45) is 50.7 Å². The summed E-state index contributed by atoms with van der Waals surface area (Å²) < 4.78 is 12.5. The predicted octanol–water partition coefficient (Wildman–Crippen LogP) is 5.41. The molecule has 242 valence electrons. The first-order chi connectivity index (χ1) is 20.7. The second-order valence-corrected chi connectivity index (χ2v) is 16.8. The Bertz CT molecular complexity index is 1320. The van der Waals surface area contributed by atoms with Crippen molar-refractivity contribution in [3.05, 3.63) is 35.9 Å². The number of rotatable bonds is 5. The molecule has 0 radical (unpaired) electrons. The lowest BCUT2D eigenvalue weighted by molar-refractivity contribution is -0.192. The molecule has 3 N–H and O–H groups in total. The smallest absolute Gasteiger partial charge is 0.303 e. The zero-order valence-corrected chi connectivity index (χ0v) is 27.5. The summed E-state index contributed by atoms with van der Waals surface area (Å²) in [6.07, 6.45) is 5.27. The summed E-state index contributed by atoms with van der Waals surface area (Å²) in [5.41, 5.74) is 0.997. The van der Waals surface area contributed by atoms with E-state index in [1.807, 2.05) is 30.3 Å². The number of carbonyl (C=O) groups is 2. The zero-order valence-electron chi connectivity index (χ0n) is 27.5. The van der Waals surface area contributed by atoms with Crippen molar-refractivity contribution in [3.8, 4) is 0 Å². The van der Waals surface area contributed by atoms with E-state index in [1.54, 1.807) is 0 Å². The number of ether oxygens (including phenoxy) is 2. The van der Waals surface area contributed by atoms with Crippen LogP contribution in [0.2, 0.25) is 0 Å². The van der Waals surface area contributed by atoms with Crippen molar-refractivity contribution in [2.75, 3.05) is 0 Å². The van der Waals surface area contributed by atoms with Crippen LogP contribution in [0.25, 0.3) is 0 Å². The van der Waals surface area contributed by atoms with Crippen LogP contribution in [0.5, 0.6) is 0 Å². The van der Waals surface area contributed by atoms with E-state index in [2.05, 4.69) is 39.9 Å². The Balaban J connectivity index is 1.16. The topological polar surface area (TPSA) is 105 Å². The standard InChI is InChI=1S/C37H53NO6/c1-21-18-24(29(43-22(2)39)32(42)38-19-23-10-8-7-9-11-23)44-30-28(21)34(5)16-17-37-20-36(37)15-14-27(40)33(3,4)25(36)12-13-26(37)35(34,6)31(30)41/h7-11,21,24-31,40-41H,12-20H2,1-6H3,(H,38,42)/t21-,24?,25+,26?,27+,28+,29?,30?,31+,34-,35-,36-,37+/m1/s1. The van der Waals surface area contributed by atoms with Gasteiger partial charge < -0.3 is 25.0 Å². The molecule has 7 rings (SSSR count). The summed E-state index contributed by atoms with van der Waals surface area (Å²) in [7, 11) is 0. The van der Waals surface area contributed by atoms with Crippen LogP contribution in [0.1, 0.15) is 98.5 Å². The molecule has 1 aliphatic heterocycles. The van der Waals surface area contributed by atoms with Crippen molar-refractivity contribution in [1.82, 2.24) is 5.32 Å². The Morgan fingerprint density at radius 2 is 1.68 bits per heavy atom. The third-order valence-electron chi connectivity index (χ3n) is 15.0. The van der Waals surface area contributed by atoms with Gasteiger partial charge in [0.1, 0.15) is 6.10 Å². The maximum absolute atomic E-state index is 13.5. The predicted molar refractivity (Wildman–Crippen MR) is 166 cm³/mol. The summed E-state index contributed by atoms with van der Waals surface area (Å²) in [5, 5.41) is 26.4. The number of fused-ring (bicyclic) bond motifs is 4. The number of hydrogen-bond acceptors (Lipinski definition) is 6. The SMILES string of the molecule is CC(=O)OC(C(=O)NCc1ccccc1)C1C[C@@H](C)[C@H]2C(O1)[C@H](O)[C@@]1(C)C3CC[C@H]4C(C)(C)[C@@H](O)CC[C@@]45C[C@@]35CC[C@]21C. The van der Waals surface area contributed by atoms with Gasteiger partial charge in [0, 0.05) is 18.9 Å². The molecule has 6 fully saturated rings. The van der Waals surface area contributed by atoms with Crippen LogP contribution in [0.3, 0.4) is 0 Å². The quantitative estimate of drug-likeness (QED) is 0.387. The molecule has 2 spiro atoms. The lowest BCUT2D eigenvalue weighted by Gasteiger charge is -2.63. The van der Waals surface area contributed by atoms with Crippen LogP contribution in [0, 0.1) is 50.7 Å². The fourth-order valence-electron chi connectivity index (χ4n) is 12.9. The van der Waals surface area contributed by atoms with E-state index >= 15 is 0 Å². The first-order valence-electron chi connectivity index (χ1n) is 17.2. The Labute approximate surface area is 262 Å².